The summed E-state index contributed by atoms with van der Waals surface area (Å²) in [4.78, 5) is 14.8. The molecule has 1 fully saturated rings. The summed E-state index contributed by atoms with van der Waals surface area (Å²) in [5.74, 6) is -0.371. The number of nitrogens with one attached hydrogen (secondary N) is 1. The molecule has 0 aliphatic carbocycles. The molecule has 2 aromatic rings. The van der Waals surface area contributed by atoms with Gasteiger partial charge in [0.05, 0.1) is 30.4 Å². The number of amides is 1. The van der Waals surface area contributed by atoms with Crippen LogP contribution >= 0.6 is 0 Å². The number of halogens is 1. The van der Waals surface area contributed by atoms with Gasteiger partial charge < -0.3 is 14.8 Å². The van der Waals surface area contributed by atoms with Crippen molar-refractivity contribution >= 4 is 21.6 Å². The summed E-state index contributed by atoms with van der Waals surface area (Å²) in [6, 6.07) is 11.0. The van der Waals surface area contributed by atoms with E-state index in [0.717, 1.165) is 42.5 Å². The van der Waals surface area contributed by atoms with E-state index in [1.165, 1.54) is 12.1 Å². The summed E-state index contributed by atoms with van der Waals surface area (Å²) in [6.07, 6.45) is 0.750. The van der Waals surface area contributed by atoms with Gasteiger partial charge in [-0.15, -0.1) is 0 Å². The van der Waals surface area contributed by atoms with E-state index in [1.54, 1.807) is 24.3 Å². The van der Waals surface area contributed by atoms with Crippen LogP contribution in [0.4, 0.5) is 10.1 Å². The molecule has 8 nitrogen and oxygen atoms in total. The molecule has 1 aliphatic heterocycles. The van der Waals surface area contributed by atoms with Gasteiger partial charge in [0, 0.05) is 19.6 Å². The number of nitrogens with zero attached hydrogens (tertiary/aromatic N) is 2. The molecule has 0 saturated carbocycles. The Balaban J connectivity index is 1.69. The zero-order chi connectivity index (χ0) is 23.7. The first-order valence-electron chi connectivity index (χ1n) is 11.0. The highest BCUT2D eigenvalue weighted by molar-refractivity contribution is 7.92. The van der Waals surface area contributed by atoms with Gasteiger partial charge in [-0.2, -0.15) is 0 Å². The van der Waals surface area contributed by atoms with Crippen LogP contribution in [0.5, 0.6) is 5.75 Å². The van der Waals surface area contributed by atoms with E-state index in [1.807, 2.05) is 6.92 Å². The maximum Gasteiger partial charge on any atom is 0.264 e. The van der Waals surface area contributed by atoms with Crippen LogP contribution in [0.25, 0.3) is 0 Å². The quantitative estimate of drug-likeness (QED) is 0.498. The second-order valence-electron chi connectivity index (χ2n) is 7.55. The number of carbonyl (C=O) groups excluding carboxylic acids is 1. The first kappa shape index (κ1) is 24.9. The van der Waals surface area contributed by atoms with Crippen LogP contribution in [-0.2, 0) is 19.6 Å². The minimum Gasteiger partial charge on any atom is -0.494 e. The SMILES string of the molecule is CCOc1ccc(N(CC(=O)NCCCN2CCOCC2)S(=O)(=O)c2ccc(F)cc2)cc1. The smallest absolute Gasteiger partial charge is 0.264 e. The van der Waals surface area contributed by atoms with Crippen LogP contribution in [0, 0.1) is 5.82 Å². The minimum absolute atomic E-state index is 0.0992. The number of benzene rings is 2. The van der Waals surface area contributed by atoms with E-state index < -0.39 is 28.3 Å². The number of hydrogen-bond acceptors (Lipinski definition) is 6. The van der Waals surface area contributed by atoms with E-state index >= 15 is 0 Å². The zero-order valence-electron chi connectivity index (χ0n) is 18.7. The number of carbonyl (C=O) groups is 1. The van der Waals surface area contributed by atoms with Crippen molar-refractivity contribution in [1.29, 1.82) is 0 Å². The number of sulfonamides is 1. The zero-order valence-corrected chi connectivity index (χ0v) is 19.5. The molecule has 0 radical (unpaired) electrons. The molecule has 0 unspecified atom stereocenters. The number of morpholine rings is 1. The van der Waals surface area contributed by atoms with Crippen molar-refractivity contribution in [3.8, 4) is 5.75 Å². The minimum atomic E-state index is -4.10. The summed E-state index contributed by atoms with van der Waals surface area (Å²) >= 11 is 0. The molecule has 1 heterocycles. The standard InChI is InChI=1S/C23H30FN3O5S/c1-2-32-21-8-6-20(7-9-21)27(33(29,30)22-10-4-19(24)5-11-22)18-23(28)25-12-3-13-26-14-16-31-17-15-26/h4-11H,2-3,12-18H2,1H3,(H,25,28). The fourth-order valence-corrected chi connectivity index (χ4v) is 4.89. The largest absolute Gasteiger partial charge is 0.494 e. The first-order valence-corrected chi connectivity index (χ1v) is 12.4. The molecular formula is C23H30FN3O5S. The van der Waals surface area contributed by atoms with Crippen molar-refractivity contribution in [3.63, 3.8) is 0 Å². The molecule has 1 aliphatic rings. The third-order valence-corrected chi connectivity index (χ3v) is 6.99. The molecule has 3 rings (SSSR count). The van der Waals surface area contributed by atoms with Gasteiger partial charge in [0.25, 0.3) is 10.0 Å². The van der Waals surface area contributed by atoms with Gasteiger partial charge in [0.1, 0.15) is 18.1 Å². The molecule has 10 heteroatoms. The third-order valence-electron chi connectivity index (χ3n) is 5.20. The summed E-state index contributed by atoms with van der Waals surface area (Å²) < 4.78 is 51.7. The van der Waals surface area contributed by atoms with Gasteiger partial charge in [0.15, 0.2) is 0 Å². The highest BCUT2D eigenvalue weighted by atomic mass is 32.2. The molecule has 0 spiro atoms. The Bertz CT molecular complexity index is 994. The van der Waals surface area contributed by atoms with Crippen molar-refractivity contribution in [3.05, 3.63) is 54.3 Å². The second-order valence-corrected chi connectivity index (χ2v) is 9.41. The lowest BCUT2D eigenvalue weighted by atomic mass is 10.3. The maximum absolute atomic E-state index is 13.3. The summed E-state index contributed by atoms with van der Waals surface area (Å²) in [5, 5.41) is 2.80. The number of hydrogen-bond donors (Lipinski definition) is 1. The summed E-state index contributed by atoms with van der Waals surface area (Å²) in [5.41, 5.74) is 0.311. The highest BCUT2D eigenvalue weighted by Gasteiger charge is 2.27. The van der Waals surface area contributed by atoms with Gasteiger partial charge in [-0.25, -0.2) is 12.8 Å². The van der Waals surface area contributed by atoms with Gasteiger partial charge in [-0.05, 0) is 68.4 Å². The Morgan fingerprint density at radius 2 is 1.79 bits per heavy atom. The Hall–Kier alpha value is -2.69. The number of anilines is 1. The highest BCUT2D eigenvalue weighted by Crippen LogP contribution is 2.26. The summed E-state index contributed by atoms with van der Waals surface area (Å²) in [7, 11) is -4.10. The molecular weight excluding hydrogens is 449 g/mol. The van der Waals surface area contributed by atoms with Gasteiger partial charge in [0.2, 0.25) is 5.91 Å². The third kappa shape index (κ3) is 7.15. The van der Waals surface area contributed by atoms with Crippen LogP contribution < -0.4 is 14.4 Å². The Labute approximate surface area is 194 Å². The average molecular weight is 480 g/mol. The normalized spacial score (nSPS) is 14.6. The van der Waals surface area contributed by atoms with Gasteiger partial charge in [-0.3, -0.25) is 14.0 Å². The lowest BCUT2D eigenvalue weighted by Gasteiger charge is -2.26. The topological polar surface area (TPSA) is 88.2 Å². The Morgan fingerprint density at radius 1 is 1.12 bits per heavy atom. The Morgan fingerprint density at radius 3 is 2.42 bits per heavy atom. The lowest BCUT2D eigenvalue weighted by molar-refractivity contribution is -0.119. The molecule has 0 atom stereocenters. The monoisotopic (exact) mass is 479 g/mol. The summed E-state index contributed by atoms with van der Waals surface area (Å²) in [6.45, 7) is 6.36. The van der Waals surface area contributed by atoms with E-state index in [9.17, 15) is 17.6 Å². The van der Waals surface area contributed by atoms with E-state index in [-0.39, 0.29) is 4.90 Å². The van der Waals surface area contributed by atoms with E-state index in [2.05, 4.69) is 10.2 Å². The van der Waals surface area contributed by atoms with Crippen LogP contribution in [-0.4, -0.2) is 71.8 Å². The molecule has 1 saturated heterocycles. The van der Waals surface area contributed by atoms with E-state index in [0.29, 0.717) is 37.8 Å². The van der Waals surface area contributed by atoms with Crippen molar-refractivity contribution in [2.24, 2.45) is 0 Å². The predicted molar refractivity (Wildman–Crippen MR) is 123 cm³/mol. The predicted octanol–water partition coefficient (Wildman–Crippen LogP) is 2.26. The molecule has 180 valence electrons. The molecule has 1 amide bonds. The van der Waals surface area contributed by atoms with Crippen LogP contribution in [0.1, 0.15) is 13.3 Å². The fraction of sp³-hybridized carbons (Fsp3) is 0.435. The van der Waals surface area contributed by atoms with Gasteiger partial charge in [-0.1, -0.05) is 0 Å². The lowest BCUT2D eigenvalue weighted by Crippen LogP contribution is -2.42. The molecule has 33 heavy (non-hydrogen) atoms. The average Bonchev–Trinajstić information content (AvgIpc) is 2.82. The van der Waals surface area contributed by atoms with Crippen molar-refractivity contribution in [2.75, 3.05) is 56.8 Å². The number of ether oxygens (including phenoxy) is 2. The van der Waals surface area contributed by atoms with E-state index in [4.69, 9.17) is 9.47 Å². The van der Waals surface area contributed by atoms with Crippen molar-refractivity contribution < 1.29 is 27.1 Å². The Kier molecular flexibility index (Phi) is 9.04. The van der Waals surface area contributed by atoms with Crippen LogP contribution in [0.2, 0.25) is 0 Å². The first-order chi connectivity index (χ1) is 15.9. The van der Waals surface area contributed by atoms with Crippen LogP contribution in [0.3, 0.4) is 0 Å². The molecule has 0 bridgehead atoms. The molecule has 0 aromatic heterocycles. The van der Waals surface area contributed by atoms with Gasteiger partial charge >= 0.3 is 0 Å². The maximum atomic E-state index is 13.3. The second kappa shape index (κ2) is 12.0. The fourth-order valence-electron chi connectivity index (χ4n) is 3.47. The van der Waals surface area contributed by atoms with Crippen molar-refractivity contribution in [2.45, 2.75) is 18.2 Å². The van der Waals surface area contributed by atoms with Crippen LogP contribution in [0.15, 0.2) is 53.4 Å². The number of rotatable bonds is 11. The molecule has 1 N–H and O–H groups in total. The van der Waals surface area contributed by atoms with Crippen molar-refractivity contribution in [1.82, 2.24) is 10.2 Å². The molecule has 2 aromatic carbocycles.